The third-order valence-electron chi connectivity index (χ3n) is 6.10. The fourth-order valence-electron chi connectivity index (χ4n) is 4.39. The molecule has 1 aromatic carbocycles. The van der Waals surface area contributed by atoms with Crippen molar-refractivity contribution in [3.8, 4) is 17.0 Å². The Hall–Kier alpha value is -2.03. The van der Waals surface area contributed by atoms with E-state index in [1.807, 2.05) is 0 Å². The van der Waals surface area contributed by atoms with Crippen LogP contribution >= 0.6 is 0 Å². The Bertz CT molecular complexity index is 866. The topological polar surface area (TPSA) is 63.0 Å². The van der Waals surface area contributed by atoms with Crippen molar-refractivity contribution in [1.82, 2.24) is 5.16 Å². The van der Waals surface area contributed by atoms with Crippen LogP contribution < -0.4 is 4.74 Å². The number of alkyl halides is 2. The zero-order valence-corrected chi connectivity index (χ0v) is 16.6. The summed E-state index contributed by atoms with van der Waals surface area (Å²) in [5, 5.41) is 4.22. The summed E-state index contributed by atoms with van der Waals surface area (Å²) in [6.07, 6.45) is 5.50. The molecule has 0 unspecified atom stereocenters. The van der Waals surface area contributed by atoms with Crippen LogP contribution in [0.1, 0.15) is 55.8 Å². The van der Waals surface area contributed by atoms with E-state index in [4.69, 9.17) is 23.5 Å². The fraction of sp³-hybridized carbons (Fsp3) is 0.591. The van der Waals surface area contributed by atoms with Crippen LogP contribution in [0.4, 0.5) is 8.78 Å². The van der Waals surface area contributed by atoms with Gasteiger partial charge < -0.3 is 23.5 Å². The summed E-state index contributed by atoms with van der Waals surface area (Å²) < 4.78 is 53.9. The molecular formula is C22H25F2NO5. The van der Waals surface area contributed by atoms with Gasteiger partial charge in [-0.15, -0.1) is 0 Å². The van der Waals surface area contributed by atoms with Gasteiger partial charge in [-0.1, -0.05) is 17.3 Å². The lowest BCUT2D eigenvalue weighted by Crippen LogP contribution is -2.37. The van der Waals surface area contributed by atoms with Gasteiger partial charge in [0.2, 0.25) is 0 Å². The Labute approximate surface area is 173 Å². The quantitative estimate of drug-likeness (QED) is 0.625. The molecule has 1 saturated heterocycles. The number of hydrogen-bond donors (Lipinski definition) is 0. The van der Waals surface area contributed by atoms with E-state index in [9.17, 15) is 8.78 Å². The fourth-order valence-corrected chi connectivity index (χ4v) is 4.39. The predicted molar refractivity (Wildman–Crippen MR) is 102 cm³/mol. The van der Waals surface area contributed by atoms with Crippen LogP contribution in [0.25, 0.3) is 11.3 Å². The molecular weight excluding hydrogens is 396 g/mol. The number of ether oxygens (including phenoxy) is 4. The number of halogens is 2. The smallest absolute Gasteiger partial charge is 0.387 e. The van der Waals surface area contributed by atoms with Crippen molar-refractivity contribution in [3.05, 3.63) is 35.6 Å². The van der Waals surface area contributed by atoms with E-state index in [0.29, 0.717) is 37.0 Å². The molecule has 30 heavy (non-hydrogen) atoms. The van der Waals surface area contributed by atoms with E-state index in [1.165, 1.54) is 6.07 Å². The molecule has 162 valence electrons. The summed E-state index contributed by atoms with van der Waals surface area (Å²) in [7, 11) is 0. The predicted octanol–water partition coefficient (Wildman–Crippen LogP) is 5.02. The average Bonchev–Trinajstić information content (AvgIpc) is 3.35. The van der Waals surface area contributed by atoms with Gasteiger partial charge in [-0.05, 0) is 37.8 Å². The Kier molecular flexibility index (Phi) is 5.47. The third-order valence-corrected chi connectivity index (χ3v) is 6.10. The van der Waals surface area contributed by atoms with E-state index in [0.717, 1.165) is 49.8 Å². The highest BCUT2D eigenvalue weighted by Gasteiger charge is 2.41. The first-order valence-corrected chi connectivity index (χ1v) is 10.6. The summed E-state index contributed by atoms with van der Waals surface area (Å²) in [6.45, 7) is -1.27. The van der Waals surface area contributed by atoms with Gasteiger partial charge >= 0.3 is 6.61 Å². The molecule has 2 heterocycles. The molecule has 6 nitrogen and oxygen atoms in total. The summed E-state index contributed by atoms with van der Waals surface area (Å²) in [5.41, 5.74) is 1.83. The lowest BCUT2D eigenvalue weighted by molar-refractivity contribution is -0.192. The molecule has 1 aliphatic heterocycles. The van der Waals surface area contributed by atoms with Crippen LogP contribution in [0, 0.1) is 0 Å². The molecule has 3 fully saturated rings. The van der Waals surface area contributed by atoms with Crippen LogP contribution in [-0.4, -0.2) is 36.9 Å². The Morgan fingerprint density at radius 2 is 1.80 bits per heavy atom. The SMILES string of the molecule is FC(F)Oc1ccccc1-c1noc(C2CC2)c1COC1CCC2(CC1)OCCO2. The number of para-hydroxylation sites is 1. The van der Waals surface area contributed by atoms with Crippen LogP contribution in [0.3, 0.4) is 0 Å². The highest BCUT2D eigenvalue weighted by Crippen LogP contribution is 2.46. The Balaban J connectivity index is 1.33. The molecule has 1 aromatic heterocycles. The molecule has 0 radical (unpaired) electrons. The minimum absolute atomic E-state index is 0.0829. The van der Waals surface area contributed by atoms with Crippen molar-refractivity contribution >= 4 is 0 Å². The van der Waals surface area contributed by atoms with E-state index in [2.05, 4.69) is 5.16 Å². The lowest BCUT2D eigenvalue weighted by atomic mass is 9.91. The molecule has 5 rings (SSSR count). The standard InChI is InChI=1S/C22H25F2NO5/c23-21(24)29-18-4-2-1-3-16(18)19-17(20(30-25-19)14-5-6-14)13-26-15-7-9-22(10-8-15)27-11-12-28-22/h1-4,14-15,21H,5-13H2. The largest absolute Gasteiger partial charge is 0.434 e. The summed E-state index contributed by atoms with van der Waals surface area (Å²) in [6, 6.07) is 6.66. The number of nitrogens with zero attached hydrogens (tertiary/aromatic N) is 1. The van der Waals surface area contributed by atoms with Gasteiger partial charge in [0.15, 0.2) is 5.79 Å². The molecule has 8 heteroatoms. The first-order valence-electron chi connectivity index (χ1n) is 10.6. The Morgan fingerprint density at radius 1 is 1.07 bits per heavy atom. The normalized spacial score (nSPS) is 21.6. The van der Waals surface area contributed by atoms with Crippen LogP contribution in [0.15, 0.2) is 28.8 Å². The number of aromatic nitrogens is 1. The first-order chi connectivity index (χ1) is 14.6. The maximum absolute atomic E-state index is 12.9. The van der Waals surface area contributed by atoms with Crippen molar-refractivity contribution in [2.45, 2.75) is 69.6 Å². The van der Waals surface area contributed by atoms with Gasteiger partial charge in [0.1, 0.15) is 17.2 Å². The van der Waals surface area contributed by atoms with Gasteiger partial charge in [0.05, 0.1) is 25.9 Å². The molecule has 0 bridgehead atoms. The van der Waals surface area contributed by atoms with Crippen LogP contribution in [0.2, 0.25) is 0 Å². The van der Waals surface area contributed by atoms with E-state index in [-0.39, 0.29) is 11.9 Å². The van der Waals surface area contributed by atoms with Crippen molar-refractivity contribution in [1.29, 1.82) is 0 Å². The van der Waals surface area contributed by atoms with Gasteiger partial charge in [-0.3, -0.25) is 0 Å². The second-order valence-electron chi connectivity index (χ2n) is 8.14. The Morgan fingerprint density at radius 3 is 2.50 bits per heavy atom. The zero-order chi connectivity index (χ0) is 20.6. The molecule has 2 saturated carbocycles. The summed E-state index contributed by atoms with van der Waals surface area (Å²) in [4.78, 5) is 0. The van der Waals surface area contributed by atoms with Crippen molar-refractivity contribution in [2.75, 3.05) is 13.2 Å². The van der Waals surface area contributed by atoms with Gasteiger partial charge in [-0.25, -0.2) is 0 Å². The third kappa shape index (κ3) is 4.08. The molecule has 0 N–H and O–H groups in total. The molecule has 2 aliphatic carbocycles. The minimum atomic E-state index is -2.91. The van der Waals surface area contributed by atoms with Crippen molar-refractivity contribution in [2.24, 2.45) is 0 Å². The molecule has 2 aromatic rings. The van der Waals surface area contributed by atoms with E-state index < -0.39 is 12.4 Å². The zero-order valence-electron chi connectivity index (χ0n) is 16.6. The van der Waals surface area contributed by atoms with Crippen LogP contribution in [-0.2, 0) is 20.8 Å². The van der Waals surface area contributed by atoms with Gasteiger partial charge in [-0.2, -0.15) is 8.78 Å². The van der Waals surface area contributed by atoms with Gasteiger partial charge in [0.25, 0.3) is 0 Å². The summed E-state index contributed by atoms with van der Waals surface area (Å²) >= 11 is 0. The first kappa shape index (κ1) is 19.9. The number of benzene rings is 1. The van der Waals surface area contributed by atoms with Gasteiger partial charge in [0, 0.05) is 29.9 Å². The molecule has 0 atom stereocenters. The number of hydrogen-bond acceptors (Lipinski definition) is 6. The number of rotatable bonds is 7. The van der Waals surface area contributed by atoms with E-state index >= 15 is 0 Å². The molecule has 1 spiro atoms. The average molecular weight is 421 g/mol. The highest BCUT2D eigenvalue weighted by molar-refractivity contribution is 5.70. The maximum Gasteiger partial charge on any atom is 0.387 e. The van der Waals surface area contributed by atoms with Crippen molar-refractivity contribution in [3.63, 3.8) is 0 Å². The molecule has 3 aliphatic rings. The lowest BCUT2D eigenvalue weighted by Gasteiger charge is -2.35. The summed E-state index contributed by atoms with van der Waals surface area (Å²) in [5.74, 6) is 0.779. The molecule has 0 amide bonds. The highest BCUT2D eigenvalue weighted by atomic mass is 19.3. The maximum atomic E-state index is 12.9. The van der Waals surface area contributed by atoms with Crippen LogP contribution in [0.5, 0.6) is 5.75 Å². The second kappa shape index (κ2) is 8.24. The van der Waals surface area contributed by atoms with E-state index in [1.54, 1.807) is 18.2 Å². The monoisotopic (exact) mass is 421 g/mol. The minimum Gasteiger partial charge on any atom is -0.434 e. The second-order valence-corrected chi connectivity index (χ2v) is 8.14. The van der Waals surface area contributed by atoms with Crippen molar-refractivity contribution < 1.29 is 32.3 Å².